The number of benzene rings is 2. The predicted octanol–water partition coefficient (Wildman–Crippen LogP) is 4.08. The molecule has 2 aromatic carbocycles. The van der Waals surface area contributed by atoms with Gasteiger partial charge in [0.15, 0.2) is 0 Å². The summed E-state index contributed by atoms with van der Waals surface area (Å²) in [4.78, 5) is 38.1. The molecule has 3 heterocycles. The summed E-state index contributed by atoms with van der Waals surface area (Å²) in [7, 11) is 1.70. The van der Waals surface area contributed by atoms with Crippen molar-refractivity contribution < 1.29 is 14.3 Å². The SMILES string of the molecule is CCN1CCN(c2ccc(-c3nc(C)nc4ccc(C=C5SC(=O)NC5=O)cc34)cc2OC)CC1. The van der Waals surface area contributed by atoms with Crippen LogP contribution < -0.4 is 15.0 Å². The number of carbonyl (C=O) groups is 2. The molecular weight excluding hydrogens is 462 g/mol. The van der Waals surface area contributed by atoms with Crippen LogP contribution in [0, 0.1) is 6.92 Å². The molecule has 3 aromatic rings. The zero-order valence-corrected chi connectivity index (χ0v) is 20.8. The van der Waals surface area contributed by atoms with Crippen molar-refractivity contribution in [1.82, 2.24) is 20.2 Å². The quantitative estimate of drug-likeness (QED) is 0.537. The Morgan fingerprint density at radius 3 is 2.57 bits per heavy atom. The van der Waals surface area contributed by atoms with Gasteiger partial charge in [0, 0.05) is 37.1 Å². The van der Waals surface area contributed by atoms with Crippen LogP contribution in [0.2, 0.25) is 0 Å². The van der Waals surface area contributed by atoms with E-state index in [9.17, 15) is 9.59 Å². The van der Waals surface area contributed by atoms with Gasteiger partial charge in [0.2, 0.25) is 0 Å². The van der Waals surface area contributed by atoms with Crippen molar-refractivity contribution in [2.75, 3.05) is 44.7 Å². The Hall–Kier alpha value is -3.43. The lowest BCUT2D eigenvalue weighted by molar-refractivity contribution is -0.115. The molecule has 0 saturated carbocycles. The van der Waals surface area contributed by atoms with Gasteiger partial charge in [-0.1, -0.05) is 19.1 Å². The first-order valence-electron chi connectivity index (χ1n) is 11.6. The Labute approximate surface area is 208 Å². The first-order chi connectivity index (χ1) is 16.9. The fourth-order valence-corrected chi connectivity index (χ4v) is 5.22. The smallest absolute Gasteiger partial charge is 0.290 e. The number of carbonyl (C=O) groups excluding carboxylic acids is 2. The van der Waals surface area contributed by atoms with Gasteiger partial charge < -0.3 is 14.5 Å². The van der Waals surface area contributed by atoms with Crippen LogP contribution in [0.1, 0.15) is 18.3 Å². The van der Waals surface area contributed by atoms with Crippen molar-refractivity contribution in [3.8, 4) is 17.0 Å². The number of piperazine rings is 1. The monoisotopic (exact) mass is 489 g/mol. The Morgan fingerprint density at radius 1 is 1.09 bits per heavy atom. The normalized spacial score (nSPS) is 17.9. The summed E-state index contributed by atoms with van der Waals surface area (Å²) in [6.07, 6.45) is 1.72. The van der Waals surface area contributed by atoms with Gasteiger partial charge in [0.05, 0.1) is 28.9 Å². The number of imide groups is 1. The first kappa shape index (κ1) is 23.3. The van der Waals surface area contributed by atoms with Crippen LogP contribution in [0.25, 0.3) is 28.2 Å². The molecule has 0 aliphatic carbocycles. The molecule has 9 heteroatoms. The van der Waals surface area contributed by atoms with E-state index >= 15 is 0 Å². The molecule has 0 bridgehead atoms. The van der Waals surface area contributed by atoms with E-state index in [0.717, 1.165) is 83.6 Å². The summed E-state index contributed by atoms with van der Waals surface area (Å²) in [6, 6.07) is 12.0. The van der Waals surface area contributed by atoms with Crippen molar-refractivity contribution in [2.24, 2.45) is 0 Å². The van der Waals surface area contributed by atoms with Crippen LogP contribution in [0.15, 0.2) is 41.3 Å². The minimum Gasteiger partial charge on any atom is -0.495 e. The second kappa shape index (κ2) is 9.67. The second-order valence-electron chi connectivity index (χ2n) is 8.56. The zero-order chi connectivity index (χ0) is 24.5. The van der Waals surface area contributed by atoms with Crippen molar-refractivity contribution in [2.45, 2.75) is 13.8 Å². The van der Waals surface area contributed by atoms with Gasteiger partial charge in [-0.05, 0) is 61.1 Å². The number of rotatable bonds is 5. The lowest BCUT2D eigenvalue weighted by atomic mass is 10.0. The lowest BCUT2D eigenvalue weighted by Gasteiger charge is -2.36. The highest BCUT2D eigenvalue weighted by atomic mass is 32.2. The first-order valence-corrected chi connectivity index (χ1v) is 12.5. The van der Waals surface area contributed by atoms with E-state index in [1.165, 1.54) is 0 Å². The molecule has 0 radical (unpaired) electrons. The number of hydrogen-bond donors (Lipinski definition) is 1. The van der Waals surface area contributed by atoms with Gasteiger partial charge in [0.25, 0.3) is 11.1 Å². The van der Waals surface area contributed by atoms with Crippen molar-refractivity contribution in [3.05, 3.63) is 52.7 Å². The lowest BCUT2D eigenvalue weighted by Crippen LogP contribution is -2.46. The molecule has 2 aliphatic rings. The molecule has 2 amide bonds. The van der Waals surface area contributed by atoms with E-state index in [1.54, 1.807) is 13.2 Å². The van der Waals surface area contributed by atoms with Crippen LogP contribution in [0.5, 0.6) is 5.75 Å². The molecule has 2 fully saturated rings. The van der Waals surface area contributed by atoms with Crippen LogP contribution in [-0.2, 0) is 4.79 Å². The number of aromatic nitrogens is 2. The van der Waals surface area contributed by atoms with Gasteiger partial charge in [-0.25, -0.2) is 9.97 Å². The highest BCUT2D eigenvalue weighted by Gasteiger charge is 2.25. The fourth-order valence-electron chi connectivity index (χ4n) is 4.54. The number of nitrogens with zero attached hydrogens (tertiary/aromatic N) is 4. The standard InChI is InChI=1S/C26H27N5O3S/c1-4-30-9-11-31(12-10-30)21-8-6-18(15-22(21)34-3)24-19-13-17(5-7-20(19)27-16(2)28-24)14-23-25(32)29-26(33)35-23/h5-8,13-15H,4,9-12H2,1-3H3,(H,29,32,33). The van der Waals surface area contributed by atoms with Gasteiger partial charge in [-0.2, -0.15) is 0 Å². The molecular formula is C26H27N5O3S. The Balaban J connectivity index is 1.54. The third-order valence-corrected chi connectivity index (χ3v) is 7.20. The van der Waals surface area contributed by atoms with Crippen LogP contribution in [-0.4, -0.2) is 65.8 Å². The number of aryl methyl sites for hydroxylation is 1. The number of nitrogens with one attached hydrogen (secondary N) is 1. The molecule has 2 aliphatic heterocycles. The molecule has 1 N–H and O–H groups in total. The van der Waals surface area contributed by atoms with Crippen molar-refractivity contribution >= 4 is 45.6 Å². The topological polar surface area (TPSA) is 87.7 Å². The number of methoxy groups -OCH3 is 1. The van der Waals surface area contributed by atoms with Crippen LogP contribution in [0.3, 0.4) is 0 Å². The summed E-state index contributed by atoms with van der Waals surface area (Å²) < 4.78 is 5.80. The molecule has 35 heavy (non-hydrogen) atoms. The molecule has 1 aromatic heterocycles. The van der Waals surface area contributed by atoms with E-state index in [-0.39, 0.29) is 11.1 Å². The zero-order valence-electron chi connectivity index (χ0n) is 20.0. The molecule has 0 spiro atoms. The van der Waals surface area contributed by atoms with Gasteiger partial charge in [-0.15, -0.1) is 0 Å². The number of hydrogen-bond acceptors (Lipinski definition) is 8. The number of likely N-dealkylation sites (N-methyl/N-ethyl adjacent to an activating group) is 1. The predicted molar refractivity (Wildman–Crippen MR) is 140 cm³/mol. The number of thioether (sulfide) groups is 1. The Bertz CT molecular complexity index is 1350. The minimum atomic E-state index is -0.374. The Morgan fingerprint density at radius 2 is 1.89 bits per heavy atom. The average molecular weight is 490 g/mol. The second-order valence-corrected chi connectivity index (χ2v) is 9.57. The number of fused-ring (bicyclic) bond motifs is 1. The Kier molecular flexibility index (Phi) is 6.44. The summed E-state index contributed by atoms with van der Waals surface area (Å²) in [5, 5.41) is 2.80. The van der Waals surface area contributed by atoms with Crippen LogP contribution >= 0.6 is 11.8 Å². The summed E-state index contributed by atoms with van der Waals surface area (Å²) >= 11 is 0.905. The maximum Gasteiger partial charge on any atom is 0.290 e. The molecule has 180 valence electrons. The molecule has 5 rings (SSSR count). The largest absolute Gasteiger partial charge is 0.495 e. The van der Waals surface area contributed by atoms with Crippen molar-refractivity contribution in [3.63, 3.8) is 0 Å². The highest BCUT2D eigenvalue weighted by Crippen LogP contribution is 2.36. The van der Waals surface area contributed by atoms with E-state index in [1.807, 2.05) is 31.2 Å². The third kappa shape index (κ3) is 4.74. The molecule has 8 nitrogen and oxygen atoms in total. The number of ether oxygens (including phenoxy) is 1. The van der Waals surface area contributed by atoms with Gasteiger partial charge in [0.1, 0.15) is 11.6 Å². The van der Waals surface area contributed by atoms with Gasteiger partial charge in [-0.3, -0.25) is 14.9 Å². The molecule has 0 atom stereocenters. The van der Waals surface area contributed by atoms with Gasteiger partial charge >= 0.3 is 0 Å². The van der Waals surface area contributed by atoms with E-state index in [4.69, 9.17) is 9.72 Å². The fraction of sp³-hybridized carbons (Fsp3) is 0.308. The van der Waals surface area contributed by atoms with E-state index in [0.29, 0.717) is 10.7 Å². The maximum atomic E-state index is 12.0. The highest BCUT2D eigenvalue weighted by molar-refractivity contribution is 8.18. The van der Waals surface area contributed by atoms with E-state index in [2.05, 4.69) is 39.2 Å². The summed E-state index contributed by atoms with van der Waals surface area (Å²) in [5.41, 5.74) is 4.43. The third-order valence-electron chi connectivity index (χ3n) is 6.38. The maximum absolute atomic E-state index is 12.0. The van der Waals surface area contributed by atoms with E-state index < -0.39 is 0 Å². The summed E-state index contributed by atoms with van der Waals surface area (Å²) in [5.74, 6) is 1.11. The average Bonchev–Trinajstić information content (AvgIpc) is 3.19. The van der Waals surface area contributed by atoms with Crippen LogP contribution in [0.4, 0.5) is 10.5 Å². The summed E-state index contributed by atoms with van der Waals surface area (Å²) in [6.45, 7) is 9.15. The molecule has 2 saturated heterocycles. The molecule has 0 unspecified atom stereocenters. The minimum absolute atomic E-state index is 0.357. The number of anilines is 1. The number of amides is 2. The van der Waals surface area contributed by atoms with Crippen molar-refractivity contribution in [1.29, 1.82) is 0 Å².